The molecule has 0 aliphatic rings. The Morgan fingerprint density at radius 1 is 0.941 bits per heavy atom. The predicted molar refractivity (Wildman–Crippen MR) is 73.2 cm³/mol. The number of aliphatic carboxylic acids is 1. The highest BCUT2D eigenvalue weighted by molar-refractivity contribution is 5.70. The molecule has 102 valence electrons. The number of unbranched alkanes of at least 4 members (excludes halogenated alkanes) is 5. The second-order valence-electron chi connectivity index (χ2n) is 5.27. The number of rotatable bonds is 11. The van der Waals surface area contributed by atoms with Crippen LogP contribution in [0.4, 0.5) is 0 Å². The molecule has 2 nitrogen and oxygen atoms in total. The van der Waals surface area contributed by atoms with Crippen LogP contribution >= 0.6 is 0 Å². The van der Waals surface area contributed by atoms with Crippen molar-refractivity contribution < 1.29 is 9.90 Å². The van der Waals surface area contributed by atoms with Crippen molar-refractivity contribution in [1.29, 1.82) is 0 Å². The van der Waals surface area contributed by atoms with Gasteiger partial charge in [-0.05, 0) is 12.3 Å². The first-order valence-corrected chi connectivity index (χ1v) is 7.36. The summed E-state index contributed by atoms with van der Waals surface area (Å²) in [6.45, 7) is 6.42. The zero-order chi connectivity index (χ0) is 13.1. The molecular weight excluding hydrogens is 212 g/mol. The molecule has 0 saturated heterocycles. The van der Waals surface area contributed by atoms with Gasteiger partial charge in [0.2, 0.25) is 0 Å². The van der Waals surface area contributed by atoms with Gasteiger partial charge in [0.05, 0.1) is 5.92 Å². The Balaban J connectivity index is 3.74. The SMILES string of the molecule is CCCCCCCCC(C(=O)O)C(C)CCC. The third kappa shape index (κ3) is 8.23. The highest BCUT2D eigenvalue weighted by Crippen LogP contribution is 2.23. The first-order chi connectivity index (χ1) is 8.13. The molecule has 2 heteroatoms. The van der Waals surface area contributed by atoms with Gasteiger partial charge in [0, 0.05) is 0 Å². The fraction of sp³-hybridized carbons (Fsp3) is 0.933. The average molecular weight is 242 g/mol. The van der Waals surface area contributed by atoms with Crippen molar-refractivity contribution in [1.82, 2.24) is 0 Å². The maximum atomic E-state index is 11.2. The molecule has 0 aliphatic heterocycles. The van der Waals surface area contributed by atoms with Crippen molar-refractivity contribution in [2.45, 2.75) is 78.6 Å². The first kappa shape index (κ1) is 16.5. The summed E-state index contributed by atoms with van der Waals surface area (Å²) < 4.78 is 0. The smallest absolute Gasteiger partial charge is 0.306 e. The van der Waals surface area contributed by atoms with E-state index >= 15 is 0 Å². The van der Waals surface area contributed by atoms with Crippen LogP contribution in [0.3, 0.4) is 0 Å². The van der Waals surface area contributed by atoms with Crippen LogP contribution in [0.15, 0.2) is 0 Å². The molecule has 0 aromatic heterocycles. The normalized spacial score (nSPS) is 14.5. The Bertz CT molecular complexity index is 189. The van der Waals surface area contributed by atoms with Gasteiger partial charge in [-0.15, -0.1) is 0 Å². The van der Waals surface area contributed by atoms with E-state index < -0.39 is 5.97 Å². The summed E-state index contributed by atoms with van der Waals surface area (Å²) in [5, 5.41) is 9.21. The average Bonchev–Trinajstić information content (AvgIpc) is 2.27. The van der Waals surface area contributed by atoms with Gasteiger partial charge in [-0.2, -0.15) is 0 Å². The summed E-state index contributed by atoms with van der Waals surface area (Å²) >= 11 is 0. The summed E-state index contributed by atoms with van der Waals surface area (Å²) in [5.41, 5.74) is 0. The third-order valence-corrected chi connectivity index (χ3v) is 3.62. The van der Waals surface area contributed by atoms with Crippen molar-refractivity contribution in [3.63, 3.8) is 0 Å². The highest BCUT2D eigenvalue weighted by atomic mass is 16.4. The Labute approximate surface area is 107 Å². The summed E-state index contributed by atoms with van der Waals surface area (Å²) in [7, 11) is 0. The Hall–Kier alpha value is -0.530. The Morgan fingerprint density at radius 3 is 2.06 bits per heavy atom. The standard InChI is InChI=1S/C15H30O2/c1-4-6-7-8-9-10-12-14(15(16)17)13(3)11-5-2/h13-14H,4-12H2,1-3H3,(H,16,17). The number of hydrogen-bond donors (Lipinski definition) is 1. The number of hydrogen-bond acceptors (Lipinski definition) is 1. The molecule has 2 unspecified atom stereocenters. The van der Waals surface area contributed by atoms with Gasteiger partial charge in [-0.3, -0.25) is 4.79 Å². The van der Waals surface area contributed by atoms with E-state index in [1.807, 2.05) is 0 Å². The molecule has 2 atom stereocenters. The minimum atomic E-state index is -0.598. The molecular formula is C15H30O2. The van der Waals surface area contributed by atoms with Gasteiger partial charge in [0.15, 0.2) is 0 Å². The second kappa shape index (κ2) is 10.6. The van der Waals surface area contributed by atoms with Crippen LogP contribution in [0.5, 0.6) is 0 Å². The van der Waals surface area contributed by atoms with Crippen molar-refractivity contribution in [3.05, 3.63) is 0 Å². The molecule has 0 rings (SSSR count). The lowest BCUT2D eigenvalue weighted by Gasteiger charge is -2.19. The summed E-state index contributed by atoms with van der Waals surface area (Å²) in [4.78, 5) is 11.2. The quantitative estimate of drug-likeness (QED) is 0.525. The number of carboxylic acid groups (broad SMARTS) is 1. The lowest BCUT2D eigenvalue weighted by Crippen LogP contribution is -2.21. The molecule has 0 aromatic rings. The van der Waals surface area contributed by atoms with Gasteiger partial charge in [-0.1, -0.05) is 72.1 Å². The maximum Gasteiger partial charge on any atom is 0.306 e. The molecule has 0 radical (unpaired) electrons. The third-order valence-electron chi connectivity index (χ3n) is 3.62. The van der Waals surface area contributed by atoms with Gasteiger partial charge in [-0.25, -0.2) is 0 Å². The fourth-order valence-electron chi connectivity index (χ4n) is 2.45. The molecule has 0 fully saturated rings. The highest BCUT2D eigenvalue weighted by Gasteiger charge is 2.23. The van der Waals surface area contributed by atoms with E-state index in [2.05, 4.69) is 20.8 Å². The molecule has 0 spiro atoms. The minimum absolute atomic E-state index is 0.124. The van der Waals surface area contributed by atoms with E-state index in [0.29, 0.717) is 5.92 Å². The van der Waals surface area contributed by atoms with Crippen molar-refractivity contribution in [2.75, 3.05) is 0 Å². The van der Waals surface area contributed by atoms with Gasteiger partial charge in [0.1, 0.15) is 0 Å². The lowest BCUT2D eigenvalue weighted by molar-refractivity contribution is -0.143. The molecule has 0 heterocycles. The van der Waals surface area contributed by atoms with E-state index in [1.165, 1.54) is 32.1 Å². The van der Waals surface area contributed by atoms with Crippen LogP contribution in [0, 0.1) is 11.8 Å². The molecule has 17 heavy (non-hydrogen) atoms. The van der Waals surface area contributed by atoms with Crippen LogP contribution in [0.2, 0.25) is 0 Å². The van der Waals surface area contributed by atoms with Crippen LogP contribution < -0.4 is 0 Å². The van der Waals surface area contributed by atoms with Gasteiger partial charge >= 0.3 is 5.97 Å². The van der Waals surface area contributed by atoms with E-state index in [9.17, 15) is 9.90 Å². The molecule has 0 amide bonds. The molecule has 0 saturated carbocycles. The maximum absolute atomic E-state index is 11.2. The van der Waals surface area contributed by atoms with Crippen LogP contribution in [0.25, 0.3) is 0 Å². The van der Waals surface area contributed by atoms with E-state index in [4.69, 9.17) is 0 Å². The zero-order valence-electron chi connectivity index (χ0n) is 11.9. The van der Waals surface area contributed by atoms with Crippen LogP contribution in [-0.4, -0.2) is 11.1 Å². The topological polar surface area (TPSA) is 37.3 Å². The molecule has 0 bridgehead atoms. The van der Waals surface area contributed by atoms with Crippen molar-refractivity contribution >= 4 is 5.97 Å². The molecule has 0 aliphatic carbocycles. The monoisotopic (exact) mass is 242 g/mol. The number of carboxylic acids is 1. The van der Waals surface area contributed by atoms with Gasteiger partial charge < -0.3 is 5.11 Å². The lowest BCUT2D eigenvalue weighted by atomic mass is 9.86. The first-order valence-electron chi connectivity index (χ1n) is 7.36. The number of carbonyl (C=O) groups is 1. The Morgan fingerprint density at radius 2 is 1.53 bits per heavy atom. The zero-order valence-corrected chi connectivity index (χ0v) is 11.9. The van der Waals surface area contributed by atoms with Crippen LogP contribution in [-0.2, 0) is 4.79 Å². The second-order valence-corrected chi connectivity index (χ2v) is 5.27. The van der Waals surface area contributed by atoms with Crippen molar-refractivity contribution in [3.8, 4) is 0 Å². The van der Waals surface area contributed by atoms with E-state index in [0.717, 1.165) is 25.7 Å². The molecule has 0 aromatic carbocycles. The molecule has 1 N–H and O–H groups in total. The Kier molecular flexibility index (Phi) is 10.3. The van der Waals surface area contributed by atoms with Crippen LogP contribution in [0.1, 0.15) is 78.6 Å². The fourth-order valence-corrected chi connectivity index (χ4v) is 2.45. The van der Waals surface area contributed by atoms with Gasteiger partial charge in [0.25, 0.3) is 0 Å². The minimum Gasteiger partial charge on any atom is -0.481 e. The summed E-state index contributed by atoms with van der Waals surface area (Å²) in [6.07, 6.45) is 10.4. The summed E-state index contributed by atoms with van der Waals surface area (Å²) in [6, 6.07) is 0. The van der Waals surface area contributed by atoms with E-state index in [-0.39, 0.29) is 5.92 Å². The predicted octanol–water partition coefficient (Wildman–Crippen LogP) is 4.87. The van der Waals surface area contributed by atoms with Crippen molar-refractivity contribution in [2.24, 2.45) is 11.8 Å². The summed E-state index contributed by atoms with van der Waals surface area (Å²) in [5.74, 6) is -0.395. The van der Waals surface area contributed by atoms with E-state index in [1.54, 1.807) is 0 Å². The largest absolute Gasteiger partial charge is 0.481 e.